The molecule has 1 fully saturated rings. The molecule has 2 rings (SSSR count). The average molecular weight is 298 g/mol. The number of hydrogen-bond donors (Lipinski definition) is 1. The van der Waals surface area contributed by atoms with Gasteiger partial charge in [0.25, 0.3) is 5.69 Å². The highest BCUT2D eigenvalue weighted by Gasteiger charge is 2.30. The third-order valence-corrected chi connectivity index (χ3v) is 3.52. The Hall–Kier alpha value is -2.22. The number of nitro benzene ring substituents is 1. The first-order chi connectivity index (χ1) is 9.93. The summed E-state index contributed by atoms with van der Waals surface area (Å²) in [5.41, 5.74) is -0.981. The zero-order chi connectivity index (χ0) is 15.6. The fraction of sp³-hybridized carbons (Fsp3) is 0.462. The largest absolute Gasteiger partial charge is 0.478 e. The number of methoxy groups -OCH3 is 1. The number of benzene rings is 1. The number of halogens is 1. The molecule has 0 amide bonds. The molecular formula is C13H15FN2O5. The molecule has 1 aliphatic rings. The fourth-order valence-electron chi connectivity index (χ4n) is 2.54. The van der Waals surface area contributed by atoms with Crippen LogP contribution in [0.5, 0.6) is 0 Å². The van der Waals surface area contributed by atoms with Crippen molar-refractivity contribution in [3.05, 3.63) is 33.6 Å². The topological polar surface area (TPSA) is 92.9 Å². The van der Waals surface area contributed by atoms with Crippen molar-refractivity contribution >= 4 is 17.3 Å². The monoisotopic (exact) mass is 298 g/mol. The van der Waals surface area contributed by atoms with Gasteiger partial charge in [0.2, 0.25) is 0 Å². The molecule has 7 nitrogen and oxygen atoms in total. The van der Waals surface area contributed by atoms with E-state index in [0.717, 1.165) is 18.6 Å². The van der Waals surface area contributed by atoms with E-state index in [4.69, 9.17) is 9.84 Å². The molecule has 1 N–H and O–H groups in total. The summed E-state index contributed by atoms with van der Waals surface area (Å²) in [6.45, 7) is 1.58. The summed E-state index contributed by atoms with van der Waals surface area (Å²) in [5.74, 6) is -2.28. The standard InChI is InChI=1S/C13H15FN2O5/c1-21-7-8-2-3-15(6-8)11-5-10(14)9(13(17)18)4-12(11)16(19)20/h4-5,8H,2-3,6-7H2,1H3,(H,17,18). The van der Waals surface area contributed by atoms with Crippen molar-refractivity contribution in [1.29, 1.82) is 0 Å². The van der Waals surface area contributed by atoms with E-state index < -0.39 is 28.0 Å². The highest BCUT2D eigenvalue weighted by atomic mass is 19.1. The second kappa shape index (κ2) is 6.04. The van der Waals surface area contributed by atoms with Gasteiger partial charge in [0.1, 0.15) is 17.1 Å². The van der Waals surface area contributed by atoms with E-state index in [0.29, 0.717) is 19.7 Å². The number of carboxylic acids is 1. The molecule has 1 unspecified atom stereocenters. The number of hydrogen-bond acceptors (Lipinski definition) is 5. The van der Waals surface area contributed by atoms with E-state index >= 15 is 0 Å². The Labute approximate surface area is 120 Å². The number of nitrogens with zero attached hydrogens (tertiary/aromatic N) is 2. The van der Waals surface area contributed by atoms with Crippen LogP contribution in [-0.2, 0) is 4.74 Å². The first-order valence-electron chi connectivity index (χ1n) is 6.39. The second-order valence-electron chi connectivity index (χ2n) is 4.94. The van der Waals surface area contributed by atoms with Crippen LogP contribution < -0.4 is 4.90 Å². The lowest BCUT2D eigenvalue weighted by Gasteiger charge is -2.19. The van der Waals surface area contributed by atoms with Crippen LogP contribution >= 0.6 is 0 Å². The lowest BCUT2D eigenvalue weighted by atomic mass is 10.1. The van der Waals surface area contributed by atoms with Crippen LogP contribution in [0.15, 0.2) is 12.1 Å². The Morgan fingerprint density at radius 3 is 2.90 bits per heavy atom. The lowest BCUT2D eigenvalue weighted by Crippen LogP contribution is -2.22. The van der Waals surface area contributed by atoms with Gasteiger partial charge in [-0.05, 0) is 6.42 Å². The molecule has 8 heteroatoms. The quantitative estimate of drug-likeness (QED) is 0.659. The molecular weight excluding hydrogens is 283 g/mol. The minimum absolute atomic E-state index is 0.112. The zero-order valence-electron chi connectivity index (χ0n) is 11.4. The minimum atomic E-state index is -1.53. The number of anilines is 1. The maximum Gasteiger partial charge on any atom is 0.338 e. The van der Waals surface area contributed by atoms with E-state index in [1.54, 1.807) is 12.0 Å². The fourth-order valence-corrected chi connectivity index (χ4v) is 2.54. The molecule has 1 aromatic carbocycles. The van der Waals surface area contributed by atoms with Crippen LogP contribution in [0, 0.1) is 21.8 Å². The highest BCUT2D eigenvalue weighted by molar-refractivity contribution is 5.90. The van der Waals surface area contributed by atoms with Gasteiger partial charge in [0, 0.05) is 38.2 Å². The summed E-state index contributed by atoms with van der Waals surface area (Å²) in [4.78, 5) is 23.0. The van der Waals surface area contributed by atoms with Gasteiger partial charge in [-0.1, -0.05) is 0 Å². The number of rotatable bonds is 5. The molecule has 0 saturated carbocycles. The molecule has 0 bridgehead atoms. The van der Waals surface area contributed by atoms with Gasteiger partial charge in [-0.2, -0.15) is 0 Å². The van der Waals surface area contributed by atoms with Crippen LogP contribution in [0.4, 0.5) is 15.8 Å². The van der Waals surface area contributed by atoms with Crippen molar-refractivity contribution in [2.24, 2.45) is 5.92 Å². The minimum Gasteiger partial charge on any atom is -0.478 e. The molecule has 1 heterocycles. The van der Waals surface area contributed by atoms with Crippen molar-refractivity contribution < 1.29 is 24.0 Å². The highest BCUT2D eigenvalue weighted by Crippen LogP contribution is 2.34. The third kappa shape index (κ3) is 3.10. The predicted octanol–water partition coefficient (Wildman–Crippen LogP) is 1.90. The van der Waals surface area contributed by atoms with E-state index in [1.807, 2.05) is 0 Å². The molecule has 0 aliphatic carbocycles. The van der Waals surface area contributed by atoms with Crippen molar-refractivity contribution in [3.8, 4) is 0 Å². The first-order valence-corrected chi connectivity index (χ1v) is 6.39. The Morgan fingerprint density at radius 2 is 2.33 bits per heavy atom. The molecule has 1 atom stereocenters. The Kier molecular flexibility index (Phi) is 4.37. The first kappa shape index (κ1) is 15.2. The SMILES string of the molecule is COCC1CCN(c2cc(F)c(C(=O)O)cc2[N+](=O)[O-])C1. The Bertz CT molecular complexity index is 578. The molecule has 0 radical (unpaired) electrons. The molecule has 1 aromatic rings. The van der Waals surface area contributed by atoms with Gasteiger partial charge in [0.15, 0.2) is 0 Å². The molecule has 0 spiro atoms. The summed E-state index contributed by atoms with van der Waals surface area (Å²) < 4.78 is 18.8. The summed E-state index contributed by atoms with van der Waals surface area (Å²) in [6.07, 6.45) is 0.785. The molecule has 0 aromatic heterocycles. The molecule has 21 heavy (non-hydrogen) atoms. The van der Waals surface area contributed by atoms with Gasteiger partial charge < -0.3 is 14.7 Å². The van der Waals surface area contributed by atoms with Crippen molar-refractivity contribution in [2.75, 3.05) is 31.7 Å². The number of carboxylic acid groups (broad SMARTS) is 1. The Morgan fingerprint density at radius 1 is 1.62 bits per heavy atom. The lowest BCUT2D eigenvalue weighted by molar-refractivity contribution is -0.384. The summed E-state index contributed by atoms with van der Waals surface area (Å²) >= 11 is 0. The van der Waals surface area contributed by atoms with Crippen molar-refractivity contribution in [2.45, 2.75) is 6.42 Å². The maximum absolute atomic E-state index is 13.8. The van der Waals surface area contributed by atoms with Gasteiger partial charge in [-0.3, -0.25) is 10.1 Å². The molecule has 114 valence electrons. The van der Waals surface area contributed by atoms with E-state index in [2.05, 4.69) is 0 Å². The van der Waals surface area contributed by atoms with Crippen LogP contribution in [0.3, 0.4) is 0 Å². The van der Waals surface area contributed by atoms with E-state index in [9.17, 15) is 19.3 Å². The van der Waals surface area contributed by atoms with E-state index in [1.165, 1.54) is 0 Å². The third-order valence-electron chi connectivity index (χ3n) is 3.52. The number of ether oxygens (including phenoxy) is 1. The van der Waals surface area contributed by atoms with Crippen LogP contribution in [0.25, 0.3) is 0 Å². The molecule has 1 aliphatic heterocycles. The smallest absolute Gasteiger partial charge is 0.338 e. The van der Waals surface area contributed by atoms with E-state index in [-0.39, 0.29) is 11.6 Å². The average Bonchev–Trinajstić information content (AvgIpc) is 2.86. The number of aromatic carboxylic acids is 1. The van der Waals surface area contributed by atoms with Gasteiger partial charge in [-0.15, -0.1) is 0 Å². The van der Waals surface area contributed by atoms with Gasteiger partial charge >= 0.3 is 5.97 Å². The zero-order valence-corrected chi connectivity index (χ0v) is 11.4. The number of nitro groups is 1. The Balaban J connectivity index is 2.37. The van der Waals surface area contributed by atoms with Crippen molar-refractivity contribution in [3.63, 3.8) is 0 Å². The normalized spacial score (nSPS) is 18.0. The number of carbonyl (C=O) groups is 1. The van der Waals surface area contributed by atoms with Gasteiger partial charge in [-0.25, -0.2) is 9.18 Å². The van der Waals surface area contributed by atoms with Crippen LogP contribution in [-0.4, -0.2) is 42.8 Å². The summed E-state index contributed by atoms with van der Waals surface area (Å²) in [7, 11) is 1.58. The summed E-state index contributed by atoms with van der Waals surface area (Å²) in [5, 5.41) is 20.0. The maximum atomic E-state index is 13.8. The van der Waals surface area contributed by atoms with Crippen LogP contribution in [0.1, 0.15) is 16.8 Å². The van der Waals surface area contributed by atoms with Crippen LogP contribution in [0.2, 0.25) is 0 Å². The van der Waals surface area contributed by atoms with Gasteiger partial charge in [0.05, 0.1) is 11.5 Å². The summed E-state index contributed by atoms with van der Waals surface area (Å²) in [6, 6.07) is 1.70. The van der Waals surface area contributed by atoms with Crippen molar-refractivity contribution in [1.82, 2.24) is 0 Å². The second-order valence-corrected chi connectivity index (χ2v) is 4.94. The predicted molar refractivity (Wildman–Crippen MR) is 72.2 cm³/mol. The molecule has 1 saturated heterocycles.